The zero-order valence-corrected chi connectivity index (χ0v) is 11.3. The first-order valence-electron chi connectivity index (χ1n) is 6.35. The van der Waals surface area contributed by atoms with Gasteiger partial charge < -0.3 is 10.6 Å². The normalized spacial score (nSPS) is 18.8. The Kier molecular flexibility index (Phi) is 4.24. The lowest BCUT2D eigenvalue weighted by Gasteiger charge is -2.28. The molecule has 18 heavy (non-hydrogen) atoms. The molecule has 1 aromatic rings. The van der Waals surface area contributed by atoms with Gasteiger partial charge in [-0.3, -0.25) is 0 Å². The highest BCUT2D eigenvalue weighted by Gasteiger charge is 2.21. The predicted molar refractivity (Wildman–Crippen MR) is 74.7 cm³/mol. The van der Waals surface area contributed by atoms with E-state index in [-0.39, 0.29) is 11.5 Å². The number of nitrogens with zero attached hydrogens (tertiary/aromatic N) is 1. The minimum Gasteiger partial charge on any atom is -0.369 e. The summed E-state index contributed by atoms with van der Waals surface area (Å²) in [6.07, 6.45) is 2.01. The standard InChI is InChI=1S/C13H20N2O2S/c14-7-1-2-12-3-5-13(6-4-12)15-8-10-18(16,17)11-9-15/h3-6H,1-2,7-11,14H2. The summed E-state index contributed by atoms with van der Waals surface area (Å²) in [5, 5.41) is 0. The summed E-state index contributed by atoms with van der Waals surface area (Å²) < 4.78 is 22.7. The zero-order valence-electron chi connectivity index (χ0n) is 10.5. The van der Waals surface area contributed by atoms with Crippen molar-refractivity contribution in [2.24, 2.45) is 5.73 Å². The molecule has 1 aliphatic heterocycles. The van der Waals surface area contributed by atoms with E-state index in [4.69, 9.17) is 5.73 Å². The second kappa shape index (κ2) is 5.71. The molecular formula is C13H20N2O2S. The smallest absolute Gasteiger partial charge is 0.153 e. The molecule has 5 heteroatoms. The van der Waals surface area contributed by atoms with Gasteiger partial charge in [-0.1, -0.05) is 12.1 Å². The van der Waals surface area contributed by atoms with Gasteiger partial charge in [0, 0.05) is 18.8 Å². The SMILES string of the molecule is NCCCc1ccc(N2CCS(=O)(=O)CC2)cc1. The molecule has 2 rings (SSSR count). The van der Waals surface area contributed by atoms with E-state index >= 15 is 0 Å². The van der Waals surface area contributed by atoms with E-state index in [0.717, 1.165) is 18.5 Å². The van der Waals surface area contributed by atoms with Crippen LogP contribution in [-0.4, -0.2) is 39.6 Å². The molecule has 0 unspecified atom stereocenters. The average Bonchev–Trinajstić information content (AvgIpc) is 2.37. The Morgan fingerprint density at radius 2 is 1.72 bits per heavy atom. The molecule has 1 heterocycles. The summed E-state index contributed by atoms with van der Waals surface area (Å²) in [6.45, 7) is 1.92. The van der Waals surface area contributed by atoms with Gasteiger partial charge in [-0.25, -0.2) is 8.42 Å². The van der Waals surface area contributed by atoms with Crippen molar-refractivity contribution in [3.05, 3.63) is 29.8 Å². The number of sulfone groups is 1. The predicted octanol–water partition coefficient (Wildman–Crippen LogP) is 0.813. The topological polar surface area (TPSA) is 63.4 Å². The van der Waals surface area contributed by atoms with Gasteiger partial charge in [0.25, 0.3) is 0 Å². The van der Waals surface area contributed by atoms with Gasteiger partial charge in [0.15, 0.2) is 9.84 Å². The molecule has 4 nitrogen and oxygen atoms in total. The number of aryl methyl sites for hydroxylation is 1. The first kappa shape index (κ1) is 13.4. The number of hydrogen-bond donors (Lipinski definition) is 1. The Bertz CT molecular complexity index is 468. The maximum absolute atomic E-state index is 11.4. The molecule has 0 atom stereocenters. The van der Waals surface area contributed by atoms with Crippen molar-refractivity contribution in [1.82, 2.24) is 0 Å². The van der Waals surface area contributed by atoms with Crippen LogP contribution in [0.5, 0.6) is 0 Å². The van der Waals surface area contributed by atoms with Crippen LogP contribution in [0, 0.1) is 0 Å². The van der Waals surface area contributed by atoms with E-state index in [2.05, 4.69) is 29.2 Å². The monoisotopic (exact) mass is 268 g/mol. The molecule has 1 aromatic carbocycles. The van der Waals surface area contributed by atoms with Crippen LogP contribution >= 0.6 is 0 Å². The molecular weight excluding hydrogens is 248 g/mol. The van der Waals surface area contributed by atoms with Crippen LogP contribution in [0.15, 0.2) is 24.3 Å². The highest BCUT2D eigenvalue weighted by molar-refractivity contribution is 7.91. The Balaban J connectivity index is 1.98. The number of rotatable bonds is 4. The molecule has 0 aromatic heterocycles. The van der Waals surface area contributed by atoms with Crippen LogP contribution in [0.3, 0.4) is 0 Å². The molecule has 1 fully saturated rings. The van der Waals surface area contributed by atoms with E-state index in [1.165, 1.54) is 5.56 Å². The Morgan fingerprint density at radius 1 is 1.11 bits per heavy atom. The first-order chi connectivity index (χ1) is 8.61. The highest BCUT2D eigenvalue weighted by Crippen LogP contribution is 2.18. The van der Waals surface area contributed by atoms with Crippen molar-refractivity contribution >= 4 is 15.5 Å². The summed E-state index contributed by atoms with van der Waals surface area (Å²) in [5.41, 5.74) is 7.88. The third kappa shape index (κ3) is 3.46. The van der Waals surface area contributed by atoms with Crippen molar-refractivity contribution in [3.63, 3.8) is 0 Å². The summed E-state index contributed by atoms with van der Waals surface area (Å²) in [6, 6.07) is 8.36. The molecule has 0 aliphatic carbocycles. The van der Waals surface area contributed by atoms with Crippen LogP contribution in [0.25, 0.3) is 0 Å². The van der Waals surface area contributed by atoms with E-state index < -0.39 is 9.84 Å². The maximum atomic E-state index is 11.4. The van der Waals surface area contributed by atoms with E-state index in [1.54, 1.807) is 0 Å². The van der Waals surface area contributed by atoms with Gasteiger partial charge in [-0.05, 0) is 37.1 Å². The van der Waals surface area contributed by atoms with E-state index in [9.17, 15) is 8.42 Å². The lowest BCUT2D eigenvalue weighted by Crippen LogP contribution is -2.40. The summed E-state index contributed by atoms with van der Waals surface area (Å²) in [5.74, 6) is 0.532. The molecule has 1 aliphatic rings. The van der Waals surface area contributed by atoms with E-state index in [0.29, 0.717) is 19.6 Å². The fraction of sp³-hybridized carbons (Fsp3) is 0.538. The molecule has 2 N–H and O–H groups in total. The van der Waals surface area contributed by atoms with Crippen molar-refractivity contribution in [3.8, 4) is 0 Å². The van der Waals surface area contributed by atoms with Crippen LogP contribution in [0.1, 0.15) is 12.0 Å². The van der Waals surface area contributed by atoms with Crippen LogP contribution < -0.4 is 10.6 Å². The third-order valence-corrected chi connectivity index (χ3v) is 4.92. The lowest BCUT2D eigenvalue weighted by atomic mass is 10.1. The largest absolute Gasteiger partial charge is 0.369 e. The molecule has 0 saturated carbocycles. The molecule has 0 amide bonds. The van der Waals surface area contributed by atoms with Gasteiger partial charge >= 0.3 is 0 Å². The van der Waals surface area contributed by atoms with E-state index in [1.807, 2.05) is 0 Å². The van der Waals surface area contributed by atoms with Gasteiger partial charge in [-0.15, -0.1) is 0 Å². The minimum atomic E-state index is -2.80. The summed E-state index contributed by atoms with van der Waals surface area (Å²) in [4.78, 5) is 2.13. The van der Waals surface area contributed by atoms with Crippen LogP contribution in [-0.2, 0) is 16.3 Å². The average molecular weight is 268 g/mol. The fourth-order valence-electron chi connectivity index (χ4n) is 2.15. The Labute approximate surface area is 109 Å². The van der Waals surface area contributed by atoms with Crippen molar-refractivity contribution in [2.45, 2.75) is 12.8 Å². The van der Waals surface area contributed by atoms with Gasteiger partial charge in [0.2, 0.25) is 0 Å². The second-order valence-electron chi connectivity index (χ2n) is 4.70. The number of anilines is 1. The maximum Gasteiger partial charge on any atom is 0.153 e. The third-order valence-electron chi connectivity index (χ3n) is 3.32. The summed E-state index contributed by atoms with van der Waals surface area (Å²) >= 11 is 0. The zero-order chi connectivity index (χ0) is 13.0. The Hall–Kier alpha value is -1.07. The Morgan fingerprint density at radius 3 is 2.28 bits per heavy atom. The molecule has 1 saturated heterocycles. The van der Waals surface area contributed by atoms with Crippen LogP contribution in [0.4, 0.5) is 5.69 Å². The molecule has 100 valence electrons. The van der Waals surface area contributed by atoms with Crippen molar-refractivity contribution < 1.29 is 8.42 Å². The van der Waals surface area contributed by atoms with Crippen molar-refractivity contribution in [1.29, 1.82) is 0 Å². The summed E-state index contributed by atoms with van der Waals surface area (Å²) in [7, 11) is -2.80. The fourth-order valence-corrected chi connectivity index (χ4v) is 3.35. The van der Waals surface area contributed by atoms with Crippen LogP contribution in [0.2, 0.25) is 0 Å². The van der Waals surface area contributed by atoms with Gasteiger partial charge in [0.05, 0.1) is 11.5 Å². The molecule has 0 radical (unpaired) electrons. The van der Waals surface area contributed by atoms with Gasteiger partial charge in [-0.2, -0.15) is 0 Å². The lowest BCUT2D eigenvalue weighted by molar-refractivity contribution is 0.587. The molecule has 0 spiro atoms. The quantitative estimate of drug-likeness (QED) is 0.878. The van der Waals surface area contributed by atoms with Crippen molar-refractivity contribution in [2.75, 3.05) is 36.0 Å². The first-order valence-corrected chi connectivity index (χ1v) is 8.17. The number of nitrogens with two attached hydrogens (primary N) is 1. The second-order valence-corrected chi connectivity index (χ2v) is 7.00. The molecule has 0 bridgehead atoms. The number of benzene rings is 1. The minimum absolute atomic E-state index is 0.266. The van der Waals surface area contributed by atoms with Gasteiger partial charge in [0.1, 0.15) is 0 Å². The highest BCUT2D eigenvalue weighted by atomic mass is 32.2. The number of hydrogen-bond acceptors (Lipinski definition) is 4.